The molecular formula is C27H29F2N7O2S2. The largest absolute Gasteiger partial charge is 0.490 e. The molecule has 1 aliphatic carbocycles. The van der Waals surface area contributed by atoms with Crippen LogP contribution in [0, 0.1) is 24.1 Å². The van der Waals surface area contributed by atoms with Crippen molar-refractivity contribution in [2.45, 2.75) is 40.9 Å². The molecule has 0 radical (unpaired) electrons. The van der Waals surface area contributed by atoms with Gasteiger partial charge in [-0.15, -0.1) is 11.8 Å². The number of aryl methyl sites for hydroxylation is 1. The van der Waals surface area contributed by atoms with E-state index in [-0.39, 0.29) is 17.2 Å². The Kier molecular flexibility index (Phi) is 9.08. The van der Waals surface area contributed by atoms with E-state index in [1.165, 1.54) is 29.6 Å². The SMILES string of the molecule is COc1c(Nc2cc(C)[nH]n2)nc(SC2C=CC(SCc3cccc(C#N)c3F)CC2F)nc1N1CCOCC1. The fourth-order valence-electron chi connectivity index (χ4n) is 4.46. The van der Waals surface area contributed by atoms with Gasteiger partial charge in [0.1, 0.15) is 18.1 Å². The average molecular weight is 586 g/mol. The van der Waals surface area contributed by atoms with Gasteiger partial charge in [0, 0.05) is 35.9 Å². The minimum absolute atomic E-state index is 0.0179. The lowest BCUT2D eigenvalue weighted by Gasteiger charge is -2.30. The van der Waals surface area contributed by atoms with Gasteiger partial charge in [-0.3, -0.25) is 5.10 Å². The van der Waals surface area contributed by atoms with Crippen molar-refractivity contribution in [1.29, 1.82) is 5.26 Å². The fourth-order valence-corrected chi connectivity index (χ4v) is 6.55. The highest BCUT2D eigenvalue weighted by Crippen LogP contribution is 2.40. The van der Waals surface area contributed by atoms with Crippen LogP contribution >= 0.6 is 23.5 Å². The van der Waals surface area contributed by atoms with Crippen molar-refractivity contribution in [1.82, 2.24) is 20.2 Å². The van der Waals surface area contributed by atoms with Gasteiger partial charge in [0.05, 0.1) is 31.1 Å². The number of nitrogens with zero attached hydrogens (tertiary/aromatic N) is 5. The monoisotopic (exact) mass is 585 g/mol. The number of H-pyrrole nitrogens is 1. The Balaban J connectivity index is 1.34. The van der Waals surface area contributed by atoms with E-state index in [4.69, 9.17) is 19.7 Å². The smallest absolute Gasteiger partial charge is 0.204 e. The molecule has 3 atom stereocenters. The molecule has 3 heterocycles. The topological polar surface area (TPSA) is 112 Å². The summed E-state index contributed by atoms with van der Waals surface area (Å²) >= 11 is 2.71. The number of methoxy groups -OCH3 is 1. The number of thioether (sulfide) groups is 2. The van der Waals surface area contributed by atoms with E-state index < -0.39 is 17.2 Å². The lowest BCUT2D eigenvalue weighted by Crippen LogP contribution is -2.37. The zero-order chi connectivity index (χ0) is 28.1. The summed E-state index contributed by atoms with van der Waals surface area (Å²) in [5.74, 6) is 1.96. The van der Waals surface area contributed by atoms with Crippen LogP contribution in [0.1, 0.15) is 23.2 Å². The quantitative estimate of drug-likeness (QED) is 0.258. The van der Waals surface area contributed by atoms with E-state index in [1.807, 2.05) is 31.2 Å². The molecule has 0 bridgehead atoms. The second-order valence-electron chi connectivity index (χ2n) is 9.33. The van der Waals surface area contributed by atoms with E-state index in [2.05, 4.69) is 25.4 Å². The third-order valence-electron chi connectivity index (χ3n) is 6.52. The summed E-state index contributed by atoms with van der Waals surface area (Å²) in [6, 6.07) is 8.48. The summed E-state index contributed by atoms with van der Waals surface area (Å²) < 4.78 is 41.1. The van der Waals surface area contributed by atoms with Crippen molar-refractivity contribution in [2.24, 2.45) is 0 Å². The Bertz CT molecular complexity index is 1410. The third kappa shape index (κ3) is 6.51. The molecule has 40 heavy (non-hydrogen) atoms. The Labute approximate surface area is 239 Å². The highest BCUT2D eigenvalue weighted by molar-refractivity contribution is 8.00. The van der Waals surface area contributed by atoms with Gasteiger partial charge in [-0.05, 0) is 25.0 Å². The molecule has 2 N–H and O–H groups in total. The molecule has 3 unspecified atom stereocenters. The Hall–Kier alpha value is -3.34. The molecule has 1 saturated heterocycles. The first kappa shape index (κ1) is 28.2. The molecule has 1 fully saturated rings. The van der Waals surface area contributed by atoms with Crippen molar-refractivity contribution >= 4 is 41.0 Å². The molecule has 2 aliphatic rings. The Morgan fingerprint density at radius 2 is 2.10 bits per heavy atom. The highest BCUT2D eigenvalue weighted by Gasteiger charge is 2.30. The maximum absolute atomic E-state index is 15.4. The van der Waals surface area contributed by atoms with E-state index in [9.17, 15) is 4.39 Å². The van der Waals surface area contributed by atoms with Gasteiger partial charge in [0.2, 0.25) is 5.75 Å². The van der Waals surface area contributed by atoms with Crippen LogP contribution in [0.3, 0.4) is 0 Å². The molecular weight excluding hydrogens is 556 g/mol. The van der Waals surface area contributed by atoms with Gasteiger partial charge in [0.15, 0.2) is 22.6 Å². The van der Waals surface area contributed by atoms with Gasteiger partial charge in [-0.2, -0.15) is 10.4 Å². The van der Waals surface area contributed by atoms with Gasteiger partial charge in [-0.1, -0.05) is 36.0 Å². The van der Waals surface area contributed by atoms with Crippen molar-refractivity contribution < 1.29 is 18.3 Å². The van der Waals surface area contributed by atoms with Crippen LogP contribution in [0.25, 0.3) is 0 Å². The van der Waals surface area contributed by atoms with Crippen molar-refractivity contribution in [3.63, 3.8) is 0 Å². The van der Waals surface area contributed by atoms with Gasteiger partial charge < -0.3 is 19.7 Å². The Morgan fingerprint density at radius 1 is 1.27 bits per heavy atom. The standard InChI is InChI=1S/C27H29F2N7O2S2/c1-16-12-22(35-34-16)31-25-24(37-2)26(36-8-10-38-11-9-36)33-27(32-25)40-21-7-6-19(13-20(21)28)39-15-18-5-3-4-17(14-30)23(18)29/h3-7,12,19-21H,8-11,13,15H2,1-2H3,(H2,31,32,33,34,35). The number of ether oxygens (including phenoxy) is 2. The second kappa shape index (κ2) is 12.9. The van der Waals surface area contributed by atoms with Crippen LogP contribution in [0.2, 0.25) is 0 Å². The molecule has 9 nitrogen and oxygen atoms in total. The lowest BCUT2D eigenvalue weighted by atomic mass is 10.1. The van der Waals surface area contributed by atoms with Crippen molar-refractivity contribution in [3.05, 3.63) is 59.1 Å². The number of halogens is 2. The van der Waals surface area contributed by atoms with Crippen LogP contribution in [-0.2, 0) is 10.5 Å². The molecule has 1 aromatic carbocycles. The predicted molar refractivity (Wildman–Crippen MR) is 153 cm³/mol. The minimum Gasteiger partial charge on any atom is -0.490 e. The number of hydrogen-bond donors (Lipinski definition) is 2. The second-order valence-corrected chi connectivity index (χ2v) is 11.7. The van der Waals surface area contributed by atoms with Crippen LogP contribution in [-0.4, -0.2) is 70.2 Å². The van der Waals surface area contributed by atoms with E-state index in [0.29, 0.717) is 66.0 Å². The van der Waals surface area contributed by atoms with Crippen LogP contribution in [0.15, 0.2) is 41.6 Å². The van der Waals surface area contributed by atoms with Crippen LogP contribution in [0.4, 0.5) is 26.2 Å². The molecule has 0 spiro atoms. The summed E-state index contributed by atoms with van der Waals surface area (Å²) in [7, 11) is 1.57. The summed E-state index contributed by atoms with van der Waals surface area (Å²) in [5, 5.41) is 19.2. The molecule has 0 saturated carbocycles. The van der Waals surface area contributed by atoms with Gasteiger partial charge in [-0.25, -0.2) is 18.7 Å². The highest BCUT2D eigenvalue weighted by atomic mass is 32.2. The number of benzene rings is 1. The number of aromatic amines is 1. The number of nitrogens with one attached hydrogen (secondary N) is 2. The number of nitriles is 1. The molecule has 210 valence electrons. The van der Waals surface area contributed by atoms with Gasteiger partial charge in [0.25, 0.3) is 0 Å². The van der Waals surface area contributed by atoms with Crippen LogP contribution < -0.4 is 15.0 Å². The molecule has 1 aliphatic heterocycles. The number of anilines is 3. The van der Waals surface area contributed by atoms with Crippen LogP contribution in [0.5, 0.6) is 5.75 Å². The zero-order valence-corrected chi connectivity index (χ0v) is 23.7. The molecule has 3 aromatic rings. The Morgan fingerprint density at radius 3 is 2.80 bits per heavy atom. The summed E-state index contributed by atoms with van der Waals surface area (Å²) in [5.41, 5.74) is 1.35. The summed E-state index contributed by atoms with van der Waals surface area (Å²) in [6.45, 7) is 4.32. The first-order valence-corrected chi connectivity index (χ1v) is 14.7. The summed E-state index contributed by atoms with van der Waals surface area (Å²) in [6.07, 6.45) is 2.93. The third-order valence-corrected chi connectivity index (χ3v) is 8.89. The van der Waals surface area contributed by atoms with Crippen molar-refractivity contribution in [3.8, 4) is 11.8 Å². The number of aromatic nitrogens is 4. The van der Waals surface area contributed by atoms with Crippen molar-refractivity contribution in [2.75, 3.05) is 43.6 Å². The molecule has 2 aromatic heterocycles. The van der Waals surface area contributed by atoms with Gasteiger partial charge >= 0.3 is 0 Å². The average Bonchev–Trinajstić information content (AvgIpc) is 3.38. The normalized spacial score (nSPS) is 20.8. The summed E-state index contributed by atoms with van der Waals surface area (Å²) in [4.78, 5) is 11.5. The molecule has 5 rings (SSSR count). The van der Waals surface area contributed by atoms with E-state index >= 15 is 4.39 Å². The minimum atomic E-state index is -1.15. The molecule has 13 heteroatoms. The number of hydrogen-bond acceptors (Lipinski definition) is 10. The predicted octanol–water partition coefficient (Wildman–Crippen LogP) is 5.17. The first-order chi connectivity index (χ1) is 19.4. The van der Waals surface area contributed by atoms with E-state index in [1.54, 1.807) is 19.2 Å². The number of morpholine rings is 1. The zero-order valence-electron chi connectivity index (χ0n) is 22.1. The maximum Gasteiger partial charge on any atom is 0.204 e. The lowest BCUT2D eigenvalue weighted by molar-refractivity contribution is 0.122. The van der Waals surface area contributed by atoms with E-state index in [0.717, 1.165) is 5.69 Å². The molecule has 0 amide bonds. The maximum atomic E-state index is 15.4. The number of alkyl halides is 1. The number of rotatable bonds is 9. The first-order valence-electron chi connectivity index (χ1n) is 12.8. The fraction of sp³-hybridized carbons (Fsp3) is 0.407.